The average molecular weight is 603 g/mol. The topological polar surface area (TPSA) is 77.1 Å². The van der Waals surface area contributed by atoms with Crippen LogP contribution in [0.25, 0.3) is 21.2 Å². The molecule has 0 aliphatic rings. The Labute approximate surface area is 255 Å². The van der Waals surface area contributed by atoms with Crippen LogP contribution in [0.4, 0.5) is 15.8 Å². The summed E-state index contributed by atoms with van der Waals surface area (Å²) in [7, 11) is 1.80. The summed E-state index contributed by atoms with van der Waals surface area (Å²) in [5, 5.41) is 2.84. The predicted molar refractivity (Wildman–Crippen MR) is 171 cm³/mol. The Balaban J connectivity index is 1.31. The summed E-state index contributed by atoms with van der Waals surface area (Å²) in [6.45, 7) is 9.32. The van der Waals surface area contributed by atoms with E-state index in [1.54, 1.807) is 48.5 Å². The van der Waals surface area contributed by atoms with Crippen molar-refractivity contribution in [3.05, 3.63) is 102 Å². The van der Waals surface area contributed by atoms with Crippen LogP contribution in [-0.4, -0.2) is 38.8 Å². The molecule has 0 unspecified atom stereocenters. The number of carbonyl (C=O) groups excluding carboxylic acids is 2. The normalized spacial score (nSPS) is 10.7. The number of carbonyl (C=O) groups is 2. The lowest BCUT2D eigenvalue weighted by Gasteiger charge is -2.22. The van der Waals surface area contributed by atoms with Gasteiger partial charge in [0.2, 0.25) is 0 Å². The number of hydrogen-bond acceptors (Lipinski definition) is 8. The summed E-state index contributed by atoms with van der Waals surface area (Å²) >= 11 is 1.75. The molecule has 224 valence electrons. The van der Waals surface area contributed by atoms with Crippen molar-refractivity contribution in [1.82, 2.24) is 0 Å². The minimum atomic E-state index is -0.491. The summed E-state index contributed by atoms with van der Waals surface area (Å²) in [6.07, 6.45) is 3.73. The van der Waals surface area contributed by atoms with Crippen molar-refractivity contribution >= 4 is 44.7 Å². The van der Waals surface area contributed by atoms with Crippen molar-refractivity contribution in [2.24, 2.45) is 0 Å². The number of unbranched alkanes of at least 4 members (excludes halogenated alkanes) is 1. The number of hydrogen-bond donors (Lipinski definition) is 1. The molecule has 9 heteroatoms. The van der Waals surface area contributed by atoms with Crippen LogP contribution in [0.3, 0.4) is 0 Å². The maximum atomic E-state index is 15.2. The number of nitrogens with zero attached hydrogens (tertiary/aromatic N) is 1. The van der Waals surface area contributed by atoms with Gasteiger partial charge in [-0.25, -0.2) is 14.0 Å². The average Bonchev–Trinajstić information content (AvgIpc) is 3.42. The molecule has 0 radical (unpaired) electrons. The van der Waals surface area contributed by atoms with Crippen molar-refractivity contribution in [2.75, 3.05) is 37.3 Å². The number of fused-ring (bicyclic) bond motifs is 1. The summed E-state index contributed by atoms with van der Waals surface area (Å²) in [4.78, 5) is 23.8. The van der Waals surface area contributed by atoms with Gasteiger partial charge in [-0.1, -0.05) is 25.3 Å². The molecule has 0 saturated carbocycles. The first-order chi connectivity index (χ1) is 20.7. The van der Waals surface area contributed by atoms with E-state index in [0.29, 0.717) is 23.6 Å². The third-order valence-electron chi connectivity index (χ3n) is 6.54. The SMILES string of the molecule is C=CC(=O)OCCOc1ccc(N(C)Nc2ccc(-c3ccc4sc(CCCCOC(=O)C(=C)C)cc4c3)cc2F)cc1. The Morgan fingerprint density at radius 2 is 1.70 bits per heavy atom. The molecule has 1 heterocycles. The first-order valence-electron chi connectivity index (χ1n) is 13.9. The van der Waals surface area contributed by atoms with E-state index in [1.165, 1.54) is 15.6 Å². The van der Waals surface area contributed by atoms with Gasteiger partial charge in [-0.2, -0.15) is 0 Å². The van der Waals surface area contributed by atoms with E-state index in [-0.39, 0.29) is 25.0 Å². The minimum absolute atomic E-state index is 0.128. The number of nitrogens with one attached hydrogen (secondary N) is 1. The van der Waals surface area contributed by atoms with E-state index in [0.717, 1.165) is 47.5 Å². The van der Waals surface area contributed by atoms with Gasteiger partial charge in [0.05, 0.1) is 18.0 Å². The van der Waals surface area contributed by atoms with Gasteiger partial charge >= 0.3 is 11.9 Å². The summed E-state index contributed by atoms with van der Waals surface area (Å²) in [5.74, 6) is -0.577. The van der Waals surface area contributed by atoms with Crippen LogP contribution >= 0.6 is 11.3 Å². The zero-order chi connectivity index (χ0) is 30.8. The number of esters is 2. The van der Waals surface area contributed by atoms with Crippen LogP contribution in [0.5, 0.6) is 5.75 Å². The fourth-order valence-corrected chi connectivity index (χ4v) is 5.33. The van der Waals surface area contributed by atoms with Gasteiger partial charge in [0.15, 0.2) is 0 Å². The van der Waals surface area contributed by atoms with Gasteiger partial charge in [-0.15, -0.1) is 11.3 Å². The van der Waals surface area contributed by atoms with Crippen LogP contribution < -0.4 is 15.2 Å². The quantitative estimate of drug-likeness (QED) is 0.0646. The monoisotopic (exact) mass is 602 g/mol. The molecule has 1 aromatic heterocycles. The minimum Gasteiger partial charge on any atom is -0.490 e. The number of anilines is 2. The van der Waals surface area contributed by atoms with Crippen molar-refractivity contribution in [3.8, 4) is 16.9 Å². The van der Waals surface area contributed by atoms with Crippen molar-refractivity contribution in [1.29, 1.82) is 0 Å². The Kier molecular flexibility index (Phi) is 10.9. The molecule has 0 fully saturated rings. The van der Waals surface area contributed by atoms with Crippen LogP contribution in [0.1, 0.15) is 24.6 Å². The highest BCUT2D eigenvalue weighted by Gasteiger charge is 2.10. The molecule has 3 aromatic carbocycles. The molecule has 0 aliphatic heterocycles. The van der Waals surface area contributed by atoms with Crippen LogP contribution in [0.2, 0.25) is 0 Å². The molecule has 0 atom stereocenters. The van der Waals surface area contributed by atoms with Gasteiger partial charge in [-0.05, 0) is 97.3 Å². The second-order valence-corrected chi connectivity index (χ2v) is 11.1. The third kappa shape index (κ3) is 8.93. The number of rotatable bonds is 15. The number of thiophene rings is 1. The van der Waals surface area contributed by atoms with Crippen molar-refractivity contribution < 1.29 is 28.2 Å². The summed E-state index contributed by atoms with van der Waals surface area (Å²) in [6, 6.07) is 20.8. The molecule has 0 amide bonds. The highest BCUT2D eigenvalue weighted by molar-refractivity contribution is 7.19. The second-order valence-electron chi connectivity index (χ2n) is 9.92. The molecule has 0 spiro atoms. The molecule has 1 N–H and O–H groups in total. The van der Waals surface area contributed by atoms with Gasteiger partial charge in [0, 0.05) is 28.3 Å². The fraction of sp³-hybridized carbons (Fsp3) is 0.235. The lowest BCUT2D eigenvalue weighted by Crippen LogP contribution is -2.25. The van der Waals surface area contributed by atoms with E-state index < -0.39 is 5.97 Å². The Morgan fingerprint density at radius 3 is 2.42 bits per heavy atom. The number of halogens is 1. The summed E-state index contributed by atoms with van der Waals surface area (Å²) in [5.41, 5.74) is 6.39. The van der Waals surface area contributed by atoms with Gasteiger partial charge < -0.3 is 14.2 Å². The highest BCUT2D eigenvalue weighted by Crippen LogP contribution is 2.32. The van der Waals surface area contributed by atoms with E-state index in [4.69, 9.17) is 14.2 Å². The van der Waals surface area contributed by atoms with E-state index in [1.807, 2.05) is 24.3 Å². The predicted octanol–water partition coefficient (Wildman–Crippen LogP) is 7.72. The smallest absolute Gasteiger partial charge is 0.333 e. The highest BCUT2D eigenvalue weighted by atomic mass is 32.1. The maximum absolute atomic E-state index is 15.2. The van der Waals surface area contributed by atoms with Crippen LogP contribution in [-0.2, 0) is 25.5 Å². The first kappa shape index (κ1) is 31.3. The van der Waals surface area contributed by atoms with Gasteiger partial charge in [-0.3, -0.25) is 10.4 Å². The number of hydrazine groups is 1. The van der Waals surface area contributed by atoms with E-state index >= 15 is 4.39 Å². The van der Waals surface area contributed by atoms with Crippen LogP contribution in [0, 0.1) is 5.82 Å². The van der Waals surface area contributed by atoms with Crippen molar-refractivity contribution in [2.45, 2.75) is 26.2 Å². The Bertz CT molecular complexity index is 1600. The fourth-order valence-electron chi connectivity index (χ4n) is 4.25. The maximum Gasteiger partial charge on any atom is 0.333 e. The van der Waals surface area contributed by atoms with Gasteiger partial charge in [0.1, 0.15) is 24.8 Å². The lowest BCUT2D eigenvalue weighted by molar-refractivity contribution is -0.139. The van der Waals surface area contributed by atoms with Crippen LogP contribution in [0.15, 0.2) is 91.5 Å². The largest absolute Gasteiger partial charge is 0.490 e. The first-order valence-corrected chi connectivity index (χ1v) is 14.7. The van der Waals surface area contributed by atoms with Gasteiger partial charge in [0.25, 0.3) is 0 Å². The molecule has 7 nitrogen and oxygen atoms in total. The molecule has 0 bridgehead atoms. The lowest BCUT2D eigenvalue weighted by atomic mass is 10.0. The molecule has 0 saturated heterocycles. The molecular formula is C34H35FN2O5S. The molecular weight excluding hydrogens is 567 g/mol. The zero-order valence-corrected chi connectivity index (χ0v) is 25.2. The standard InChI is InChI=1S/C34H35FN2O5S/c1-5-33(38)41-19-18-40-28-13-11-27(12-14-28)37(4)36-31-15-9-25(22-30(31)35)24-10-16-32-26(20-24)21-29(43-32)8-6-7-17-42-34(39)23(2)3/h5,9-16,20-22,36H,1-2,6-8,17-19H2,3-4H3. The molecule has 4 rings (SSSR count). The molecule has 43 heavy (non-hydrogen) atoms. The molecule has 4 aromatic rings. The number of ether oxygens (including phenoxy) is 3. The third-order valence-corrected chi connectivity index (χ3v) is 7.72. The molecule has 0 aliphatic carbocycles. The Morgan fingerprint density at radius 1 is 0.953 bits per heavy atom. The Hall–Kier alpha value is -4.63. The zero-order valence-electron chi connectivity index (χ0n) is 24.4. The van der Waals surface area contributed by atoms with Crippen molar-refractivity contribution in [3.63, 3.8) is 0 Å². The second kappa shape index (κ2) is 15.0. The summed E-state index contributed by atoms with van der Waals surface area (Å²) < 4.78 is 32.0. The van der Waals surface area contributed by atoms with E-state index in [9.17, 15) is 9.59 Å². The number of aryl methyl sites for hydroxylation is 1. The van der Waals surface area contributed by atoms with E-state index in [2.05, 4.69) is 36.8 Å². The number of benzene rings is 3.